The second-order valence-corrected chi connectivity index (χ2v) is 6.81. The van der Waals surface area contributed by atoms with Gasteiger partial charge in [0.15, 0.2) is 0 Å². The van der Waals surface area contributed by atoms with Crippen molar-refractivity contribution in [1.82, 2.24) is 10.0 Å². The lowest BCUT2D eigenvalue weighted by Crippen LogP contribution is -2.35. The molecule has 1 aromatic rings. The molecule has 0 unspecified atom stereocenters. The minimum absolute atomic E-state index is 0.0915. The molecular weight excluding hydrogens is 320 g/mol. The molecule has 1 amide bonds. The number of nitrogens with one attached hydrogen (secondary N) is 2. The highest BCUT2D eigenvalue weighted by atomic mass is 32.2. The molecule has 0 heterocycles. The lowest BCUT2D eigenvalue weighted by Gasteiger charge is -2.13. The van der Waals surface area contributed by atoms with Crippen molar-refractivity contribution in [1.29, 1.82) is 0 Å². The predicted octanol–water partition coefficient (Wildman–Crippen LogP) is 0.743. The fourth-order valence-electron chi connectivity index (χ4n) is 1.88. The van der Waals surface area contributed by atoms with Crippen LogP contribution in [0.25, 0.3) is 0 Å². The minimum Gasteiger partial charge on any atom is -0.495 e. The Kier molecular flexibility index (Phi) is 7.47. The van der Waals surface area contributed by atoms with Crippen molar-refractivity contribution in [2.24, 2.45) is 0 Å². The fourth-order valence-corrected chi connectivity index (χ4v) is 3.15. The molecule has 0 fully saturated rings. The highest BCUT2D eigenvalue weighted by molar-refractivity contribution is 7.89. The monoisotopic (exact) mass is 344 g/mol. The Bertz CT molecular complexity index is 644. The van der Waals surface area contributed by atoms with Crippen LogP contribution in [0.15, 0.2) is 17.0 Å². The van der Waals surface area contributed by atoms with Gasteiger partial charge in [0.05, 0.1) is 13.7 Å². The van der Waals surface area contributed by atoms with Crippen LogP contribution in [0.3, 0.4) is 0 Å². The van der Waals surface area contributed by atoms with E-state index in [1.165, 1.54) is 14.2 Å². The first-order valence-corrected chi connectivity index (χ1v) is 8.70. The van der Waals surface area contributed by atoms with E-state index in [9.17, 15) is 13.2 Å². The van der Waals surface area contributed by atoms with Gasteiger partial charge in [0.1, 0.15) is 10.6 Å². The first-order chi connectivity index (χ1) is 10.8. The Hall–Kier alpha value is -1.64. The van der Waals surface area contributed by atoms with Crippen molar-refractivity contribution in [2.45, 2.75) is 25.2 Å². The molecule has 0 aliphatic heterocycles. The van der Waals surface area contributed by atoms with E-state index >= 15 is 0 Å². The molecule has 0 bridgehead atoms. The maximum atomic E-state index is 12.4. The number of methoxy groups -OCH3 is 2. The quantitative estimate of drug-likeness (QED) is 0.645. The molecule has 0 aliphatic carbocycles. The van der Waals surface area contributed by atoms with E-state index in [-0.39, 0.29) is 30.3 Å². The van der Waals surface area contributed by atoms with Crippen LogP contribution in [0.2, 0.25) is 0 Å². The van der Waals surface area contributed by atoms with Gasteiger partial charge in [-0.1, -0.05) is 0 Å². The molecule has 8 heteroatoms. The van der Waals surface area contributed by atoms with Crippen LogP contribution in [0, 0.1) is 13.8 Å². The first kappa shape index (κ1) is 19.4. The van der Waals surface area contributed by atoms with Crippen LogP contribution in [0.5, 0.6) is 5.75 Å². The van der Waals surface area contributed by atoms with Crippen molar-refractivity contribution in [3.05, 3.63) is 23.3 Å². The summed E-state index contributed by atoms with van der Waals surface area (Å²) >= 11 is 0. The topological polar surface area (TPSA) is 93.7 Å². The summed E-state index contributed by atoms with van der Waals surface area (Å²) in [4.78, 5) is 11.5. The molecule has 0 atom stereocenters. The number of ether oxygens (including phenoxy) is 2. The molecule has 130 valence electrons. The molecule has 0 aromatic heterocycles. The minimum atomic E-state index is -3.71. The fraction of sp³-hybridized carbons (Fsp3) is 0.533. The molecular formula is C15H24N2O5S. The number of sulfonamides is 1. The van der Waals surface area contributed by atoms with Gasteiger partial charge in [0.25, 0.3) is 0 Å². The molecule has 7 nitrogen and oxygen atoms in total. The number of aryl methyl sites for hydroxylation is 2. The zero-order chi connectivity index (χ0) is 17.5. The third-order valence-corrected chi connectivity index (χ3v) is 4.82. The average molecular weight is 344 g/mol. The number of hydrogen-bond acceptors (Lipinski definition) is 5. The van der Waals surface area contributed by atoms with Gasteiger partial charge in [0, 0.05) is 26.6 Å². The second-order valence-electron chi connectivity index (χ2n) is 5.08. The highest BCUT2D eigenvalue weighted by Gasteiger charge is 2.20. The zero-order valence-corrected chi connectivity index (χ0v) is 14.7. The molecule has 2 N–H and O–H groups in total. The van der Waals surface area contributed by atoms with Gasteiger partial charge in [-0.2, -0.15) is 0 Å². The molecule has 0 radical (unpaired) electrons. The number of carbonyl (C=O) groups is 1. The standard InChI is InChI=1S/C15H24N2O5S/c1-11-9-13(22-4)14(10-12(11)2)23(19,20)17-7-6-16-15(18)5-8-21-3/h9-10,17H,5-8H2,1-4H3,(H,16,18). The van der Waals surface area contributed by atoms with Gasteiger partial charge in [-0.3, -0.25) is 4.79 Å². The maximum Gasteiger partial charge on any atom is 0.244 e. The van der Waals surface area contributed by atoms with Crippen LogP contribution >= 0.6 is 0 Å². The number of hydrogen-bond donors (Lipinski definition) is 2. The van der Waals surface area contributed by atoms with Crippen molar-refractivity contribution in [3.63, 3.8) is 0 Å². The van der Waals surface area contributed by atoms with Gasteiger partial charge in [0.2, 0.25) is 15.9 Å². The SMILES string of the molecule is COCCC(=O)NCCNS(=O)(=O)c1cc(C)c(C)cc1OC. The second kappa shape index (κ2) is 8.85. The summed E-state index contributed by atoms with van der Waals surface area (Å²) in [5.74, 6) is 0.111. The molecule has 23 heavy (non-hydrogen) atoms. The van der Waals surface area contributed by atoms with E-state index in [0.717, 1.165) is 11.1 Å². The van der Waals surface area contributed by atoms with Crippen molar-refractivity contribution < 1.29 is 22.7 Å². The van der Waals surface area contributed by atoms with Crippen LogP contribution in [0.1, 0.15) is 17.5 Å². The van der Waals surface area contributed by atoms with E-state index in [0.29, 0.717) is 12.4 Å². The van der Waals surface area contributed by atoms with Gasteiger partial charge < -0.3 is 14.8 Å². The Morgan fingerprint density at radius 3 is 2.39 bits per heavy atom. The normalized spacial score (nSPS) is 11.3. The summed E-state index contributed by atoms with van der Waals surface area (Å²) in [6.07, 6.45) is 0.244. The van der Waals surface area contributed by atoms with E-state index in [1.54, 1.807) is 12.1 Å². The Morgan fingerprint density at radius 1 is 1.13 bits per heavy atom. The lowest BCUT2D eigenvalue weighted by molar-refractivity contribution is -0.121. The third kappa shape index (κ3) is 5.81. The average Bonchev–Trinajstić information content (AvgIpc) is 2.51. The summed E-state index contributed by atoms with van der Waals surface area (Å²) in [5.41, 5.74) is 1.81. The van der Waals surface area contributed by atoms with Crippen LogP contribution < -0.4 is 14.8 Å². The largest absolute Gasteiger partial charge is 0.495 e. The number of rotatable bonds is 9. The molecule has 0 saturated heterocycles. The molecule has 1 aromatic carbocycles. The Balaban J connectivity index is 2.66. The molecule has 1 rings (SSSR count). The van der Waals surface area contributed by atoms with Gasteiger partial charge in [-0.05, 0) is 37.1 Å². The van der Waals surface area contributed by atoms with E-state index in [4.69, 9.17) is 9.47 Å². The maximum absolute atomic E-state index is 12.4. The smallest absolute Gasteiger partial charge is 0.244 e. The Labute approximate surface area is 137 Å². The van der Waals surface area contributed by atoms with E-state index < -0.39 is 10.0 Å². The highest BCUT2D eigenvalue weighted by Crippen LogP contribution is 2.26. The molecule has 0 saturated carbocycles. The molecule has 0 spiro atoms. The first-order valence-electron chi connectivity index (χ1n) is 7.22. The van der Waals surface area contributed by atoms with Crippen LogP contribution in [-0.4, -0.2) is 48.2 Å². The number of benzene rings is 1. The van der Waals surface area contributed by atoms with E-state index in [1.807, 2.05) is 13.8 Å². The zero-order valence-electron chi connectivity index (χ0n) is 13.9. The van der Waals surface area contributed by atoms with Gasteiger partial charge in [-0.15, -0.1) is 0 Å². The summed E-state index contributed by atoms with van der Waals surface area (Å²) in [6, 6.07) is 3.27. The van der Waals surface area contributed by atoms with Crippen LogP contribution in [0.4, 0.5) is 0 Å². The number of amides is 1. The summed E-state index contributed by atoms with van der Waals surface area (Å²) in [7, 11) is -0.766. The van der Waals surface area contributed by atoms with Gasteiger partial charge in [-0.25, -0.2) is 13.1 Å². The molecule has 0 aliphatic rings. The summed E-state index contributed by atoms with van der Waals surface area (Å²) < 4.78 is 37.1. The van der Waals surface area contributed by atoms with Crippen molar-refractivity contribution in [3.8, 4) is 5.75 Å². The van der Waals surface area contributed by atoms with Crippen molar-refractivity contribution >= 4 is 15.9 Å². The lowest BCUT2D eigenvalue weighted by atomic mass is 10.1. The number of carbonyl (C=O) groups excluding carboxylic acids is 1. The summed E-state index contributed by atoms with van der Waals surface area (Å²) in [6.45, 7) is 4.35. The van der Waals surface area contributed by atoms with E-state index in [2.05, 4.69) is 10.0 Å². The Morgan fingerprint density at radius 2 is 1.78 bits per heavy atom. The third-order valence-electron chi connectivity index (χ3n) is 3.34. The van der Waals surface area contributed by atoms with Gasteiger partial charge >= 0.3 is 0 Å². The van der Waals surface area contributed by atoms with Crippen molar-refractivity contribution in [2.75, 3.05) is 33.9 Å². The van der Waals surface area contributed by atoms with Crippen LogP contribution in [-0.2, 0) is 19.6 Å². The predicted molar refractivity (Wildman–Crippen MR) is 87.2 cm³/mol. The summed E-state index contributed by atoms with van der Waals surface area (Å²) in [5, 5.41) is 2.61.